The second-order valence-corrected chi connectivity index (χ2v) is 8.75. The molecule has 1 aromatic heterocycles. The summed E-state index contributed by atoms with van der Waals surface area (Å²) in [5.41, 5.74) is 1.49. The molecule has 1 saturated carbocycles. The smallest absolute Gasteiger partial charge is 0.223 e. The Morgan fingerprint density at radius 3 is 2.75 bits per heavy atom. The quantitative estimate of drug-likeness (QED) is 0.776. The van der Waals surface area contributed by atoms with Crippen LogP contribution in [0.5, 0.6) is 0 Å². The highest BCUT2D eigenvalue weighted by Crippen LogP contribution is 2.57. The van der Waals surface area contributed by atoms with Crippen molar-refractivity contribution in [3.8, 4) is 0 Å². The molecule has 1 saturated heterocycles. The molecule has 2 heterocycles. The molecule has 2 aliphatic rings. The van der Waals surface area contributed by atoms with Gasteiger partial charge >= 0.3 is 0 Å². The zero-order chi connectivity index (χ0) is 17.2. The Balaban J connectivity index is 1.55. The summed E-state index contributed by atoms with van der Waals surface area (Å²) >= 11 is 3.40. The van der Waals surface area contributed by atoms with E-state index in [-0.39, 0.29) is 17.2 Å². The molecule has 24 heavy (non-hydrogen) atoms. The van der Waals surface area contributed by atoms with Gasteiger partial charge in [0.05, 0.1) is 0 Å². The van der Waals surface area contributed by atoms with E-state index in [0.29, 0.717) is 12.5 Å². The lowest BCUT2D eigenvalue weighted by molar-refractivity contribution is -0.134. The van der Waals surface area contributed by atoms with E-state index < -0.39 is 0 Å². The number of amides is 2. The van der Waals surface area contributed by atoms with Gasteiger partial charge in [-0.05, 0) is 53.3 Å². The molecule has 4 nitrogen and oxygen atoms in total. The predicted octanol–water partition coefficient (Wildman–Crippen LogP) is 3.23. The van der Waals surface area contributed by atoms with Gasteiger partial charge in [-0.25, -0.2) is 0 Å². The molecule has 0 radical (unpaired) electrons. The summed E-state index contributed by atoms with van der Waals surface area (Å²) in [5.74, 6) is 1.36. The summed E-state index contributed by atoms with van der Waals surface area (Å²) in [6.07, 6.45) is 5.86. The van der Waals surface area contributed by atoms with Gasteiger partial charge in [-0.1, -0.05) is 0 Å². The molecule has 6 heteroatoms. The highest BCUT2D eigenvalue weighted by Gasteiger charge is 2.58. The maximum atomic E-state index is 12.2. The number of carbonyl (C=O) groups is 2. The third kappa shape index (κ3) is 3.80. The van der Waals surface area contributed by atoms with Crippen molar-refractivity contribution < 1.29 is 9.59 Å². The van der Waals surface area contributed by atoms with Gasteiger partial charge in [0.2, 0.25) is 11.8 Å². The Hall–Kier alpha value is -1.01. The Morgan fingerprint density at radius 1 is 1.42 bits per heavy atom. The molecule has 1 aliphatic carbocycles. The molecule has 1 atom stereocenters. The molecule has 1 aromatic rings. The Kier molecular flexibility index (Phi) is 5.55. The van der Waals surface area contributed by atoms with Crippen LogP contribution in [0.2, 0.25) is 0 Å². The summed E-state index contributed by atoms with van der Waals surface area (Å²) in [6.45, 7) is 4.11. The van der Waals surface area contributed by atoms with E-state index in [1.165, 1.54) is 5.56 Å². The van der Waals surface area contributed by atoms with Crippen molar-refractivity contribution in [2.75, 3.05) is 25.1 Å². The van der Waals surface area contributed by atoms with Crippen LogP contribution >= 0.6 is 23.1 Å². The fourth-order valence-electron chi connectivity index (χ4n) is 3.87. The fourth-order valence-corrected chi connectivity index (χ4v) is 4.91. The molecule has 1 spiro atoms. The number of thiophene rings is 1. The van der Waals surface area contributed by atoms with Crippen LogP contribution in [0, 0.1) is 5.41 Å². The highest BCUT2D eigenvalue weighted by molar-refractivity contribution is 7.98. The number of thioether (sulfide) groups is 1. The molecule has 0 aromatic carbocycles. The van der Waals surface area contributed by atoms with E-state index in [2.05, 4.69) is 16.8 Å². The van der Waals surface area contributed by atoms with Crippen LogP contribution in [0.3, 0.4) is 0 Å². The summed E-state index contributed by atoms with van der Waals surface area (Å²) in [4.78, 5) is 28.4. The molecule has 0 bridgehead atoms. The number of hydrogen-bond donors (Lipinski definition) is 0. The Morgan fingerprint density at radius 2 is 2.17 bits per heavy atom. The van der Waals surface area contributed by atoms with Gasteiger partial charge in [-0.3, -0.25) is 9.59 Å². The summed E-state index contributed by atoms with van der Waals surface area (Å²) < 4.78 is 0. The standard InChI is InChI=1S/C18H26N2O2S2/c1-14(21)20(12-15-3-10-24-13-15)16-11-18(16)5-7-19(8-6-18)17(22)4-9-23-2/h3,10,13,16H,4-9,11-12H2,1-2H3. The SMILES string of the molecule is CSCCC(=O)N1CCC2(CC1)CC2N(Cc1ccsc1)C(C)=O. The summed E-state index contributed by atoms with van der Waals surface area (Å²) in [5, 5.41) is 4.19. The number of carbonyl (C=O) groups excluding carboxylic acids is 2. The Bertz CT molecular complexity index is 580. The first-order valence-corrected chi connectivity index (χ1v) is 10.9. The van der Waals surface area contributed by atoms with Gasteiger partial charge < -0.3 is 9.80 Å². The third-order valence-electron chi connectivity index (χ3n) is 5.49. The minimum absolute atomic E-state index is 0.168. The third-order valence-corrected chi connectivity index (χ3v) is 6.84. The number of hydrogen-bond acceptors (Lipinski definition) is 4. The van der Waals surface area contributed by atoms with E-state index in [4.69, 9.17) is 0 Å². The van der Waals surface area contributed by atoms with E-state index in [1.807, 2.05) is 16.1 Å². The molecular formula is C18H26N2O2S2. The first-order chi connectivity index (χ1) is 11.6. The maximum Gasteiger partial charge on any atom is 0.223 e. The van der Waals surface area contributed by atoms with Crippen molar-refractivity contribution >= 4 is 34.9 Å². The van der Waals surface area contributed by atoms with Crippen LogP contribution in [0.1, 0.15) is 38.2 Å². The zero-order valence-corrected chi connectivity index (χ0v) is 16.1. The van der Waals surface area contributed by atoms with Gasteiger partial charge in [0.1, 0.15) is 0 Å². The van der Waals surface area contributed by atoms with Crippen LogP contribution in [-0.4, -0.2) is 52.8 Å². The number of piperidine rings is 1. The van der Waals surface area contributed by atoms with E-state index in [1.54, 1.807) is 30.0 Å². The van der Waals surface area contributed by atoms with Gasteiger partial charge in [0.25, 0.3) is 0 Å². The number of nitrogens with zero attached hydrogens (tertiary/aromatic N) is 2. The van der Waals surface area contributed by atoms with Crippen molar-refractivity contribution in [3.05, 3.63) is 22.4 Å². The van der Waals surface area contributed by atoms with Crippen molar-refractivity contribution in [1.29, 1.82) is 0 Å². The monoisotopic (exact) mass is 366 g/mol. The summed E-state index contributed by atoms with van der Waals surface area (Å²) in [7, 11) is 0. The normalized spacial score (nSPS) is 21.8. The first kappa shape index (κ1) is 17.8. The molecule has 2 amide bonds. The van der Waals surface area contributed by atoms with Gasteiger partial charge in [-0.15, -0.1) is 0 Å². The molecule has 2 fully saturated rings. The van der Waals surface area contributed by atoms with Crippen LogP contribution in [0.15, 0.2) is 16.8 Å². The zero-order valence-electron chi connectivity index (χ0n) is 14.5. The minimum Gasteiger partial charge on any atom is -0.343 e. The number of likely N-dealkylation sites (tertiary alicyclic amines) is 1. The van der Waals surface area contributed by atoms with Gasteiger partial charge in [-0.2, -0.15) is 23.1 Å². The van der Waals surface area contributed by atoms with Crippen LogP contribution in [-0.2, 0) is 16.1 Å². The highest BCUT2D eigenvalue weighted by atomic mass is 32.2. The molecule has 1 aliphatic heterocycles. The molecular weight excluding hydrogens is 340 g/mol. The molecule has 1 unspecified atom stereocenters. The predicted molar refractivity (Wildman–Crippen MR) is 100 cm³/mol. The lowest BCUT2D eigenvalue weighted by Crippen LogP contribution is -2.42. The first-order valence-electron chi connectivity index (χ1n) is 8.61. The average molecular weight is 367 g/mol. The second-order valence-electron chi connectivity index (χ2n) is 6.98. The largest absolute Gasteiger partial charge is 0.343 e. The topological polar surface area (TPSA) is 40.6 Å². The van der Waals surface area contributed by atoms with E-state index >= 15 is 0 Å². The molecule has 132 valence electrons. The van der Waals surface area contributed by atoms with Crippen molar-refractivity contribution in [3.63, 3.8) is 0 Å². The average Bonchev–Trinajstić information content (AvgIpc) is 3.01. The van der Waals surface area contributed by atoms with Crippen LogP contribution in [0.4, 0.5) is 0 Å². The van der Waals surface area contributed by atoms with Crippen LogP contribution in [0.25, 0.3) is 0 Å². The van der Waals surface area contributed by atoms with Gasteiger partial charge in [0.15, 0.2) is 0 Å². The lowest BCUT2D eigenvalue weighted by atomic mass is 9.92. The van der Waals surface area contributed by atoms with Crippen molar-refractivity contribution in [2.24, 2.45) is 5.41 Å². The Labute approximate surface area is 152 Å². The minimum atomic E-state index is 0.168. The van der Waals surface area contributed by atoms with Crippen molar-refractivity contribution in [1.82, 2.24) is 9.80 Å². The number of rotatable bonds is 6. The second kappa shape index (κ2) is 7.48. The van der Waals surface area contributed by atoms with Crippen LogP contribution < -0.4 is 0 Å². The maximum absolute atomic E-state index is 12.2. The fraction of sp³-hybridized carbons (Fsp3) is 0.667. The van der Waals surface area contributed by atoms with E-state index in [9.17, 15) is 9.59 Å². The van der Waals surface area contributed by atoms with Crippen molar-refractivity contribution in [2.45, 2.75) is 45.2 Å². The molecule has 3 rings (SSSR count). The van der Waals surface area contributed by atoms with E-state index in [0.717, 1.165) is 44.6 Å². The van der Waals surface area contributed by atoms with Gasteiger partial charge in [0, 0.05) is 44.8 Å². The molecule has 0 N–H and O–H groups in total. The summed E-state index contributed by atoms with van der Waals surface area (Å²) in [6, 6.07) is 2.46. The lowest BCUT2D eigenvalue weighted by Gasteiger charge is -2.34.